The number of benzene rings is 2. The first kappa shape index (κ1) is 29.2. The van der Waals surface area contributed by atoms with Gasteiger partial charge in [0, 0.05) is 43.7 Å². The molecular formula is C27H30F5N5O3. The average Bonchev–Trinajstić information content (AvgIpc) is 2.87. The lowest BCUT2D eigenvalue weighted by Crippen LogP contribution is -2.55. The molecular weight excluding hydrogens is 537 g/mol. The van der Waals surface area contributed by atoms with E-state index in [1.54, 1.807) is 0 Å². The molecule has 3 amide bonds. The Morgan fingerprint density at radius 1 is 1.05 bits per heavy atom. The van der Waals surface area contributed by atoms with Crippen molar-refractivity contribution < 1.29 is 36.3 Å². The van der Waals surface area contributed by atoms with Gasteiger partial charge in [-0.1, -0.05) is 6.07 Å². The second kappa shape index (κ2) is 11.0. The van der Waals surface area contributed by atoms with Crippen LogP contribution in [0.1, 0.15) is 30.6 Å². The molecule has 40 heavy (non-hydrogen) atoms. The summed E-state index contributed by atoms with van der Waals surface area (Å²) < 4.78 is 70.9. The minimum absolute atomic E-state index is 0.0353. The van der Waals surface area contributed by atoms with Crippen molar-refractivity contribution in [2.75, 3.05) is 36.9 Å². The van der Waals surface area contributed by atoms with Crippen LogP contribution in [0.4, 0.5) is 33.3 Å². The molecule has 0 radical (unpaired) electrons. The van der Waals surface area contributed by atoms with Crippen molar-refractivity contribution in [2.45, 2.75) is 38.5 Å². The van der Waals surface area contributed by atoms with Crippen molar-refractivity contribution in [2.24, 2.45) is 17.6 Å². The summed E-state index contributed by atoms with van der Waals surface area (Å²) in [5, 5.41) is 4.85. The fourth-order valence-corrected chi connectivity index (χ4v) is 5.25. The maximum absolute atomic E-state index is 15.6. The molecule has 0 bridgehead atoms. The zero-order valence-electron chi connectivity index (χ0n) is 22.1. The highest BCUT2D eigenvalue weighted by Gasteiger charge is 2.50. The first-order chi connectivity index (χ1) is 18.7. The lowest BCUT2D eigenvalue weighted by atomic mass is 9.84. The zero-order valence-corrected chi connectivity index (χ0v) is 22.1. The summed E-state index contributed by atoms with van der Waals surface area (Å²) in [7, 11) is 1.94. The van der Waals surface area contributed by atoms with Crippen molar-refractivity contribution >= 4 is 29.1 Å². The van der Waals surface area contributed by atoms with Crippen molar-refractivity contribution in [3.8, 4) is 11.1 Å². The third-order valence-corrected chi connectivity index (χ3v) is 7.75. The number of carbonyl (C=O) groups is 3. The van der Waals surface area contributed by atoms with E-state index in [0.29, 0.717) is 13.1 Å². The van der Waals surface area contributed by atoms with E-state index >= 15 is 4.39 Å². The van der Waals surface area contributed by atoms with Crippen LogP contribution in [-0.2, 0) is 9.59 Å². The predicted molar refractivity (Wildman–Crippen MR) is 139 cm³/mol. The summed E-state index contributed by atoms with van der Waals surface area (Å²) >= 11 is 0. The number of nitrogens with zero attached hydrogens (tertiary/aromatic N) is 2. The minimum Gasteiger partial charge on any atom is -0.367 e. The van der Waals surface area contributed by atoms with Gasteiger partial charge in [-0.3, -0.25) is 19.3 Å². The second-order valence-corrected chi connectivity index (χ2v) is 10.4. The third-order valence-electron chi connectivity index (χ3n) is 7.75. The van der Waals surface area contributed by atoms with Gasteiger partial charge in [-0.15, -0.1) is 0 Å². The summed E-state index contributed by atoms with van der Waals surface area (Å²) in [6, 6.07) is 5.72. The van der Waals surface area contributed by atoms with Gasteiger partial charge in [0.2, 0.25) is 11.8 Å². The Morgan fingerprint density at radius 2 is 1.70 bits per heavy atom. The van der Waals surface area contributed by atoms with Crippen LogP contribution in [-0.4, -0.2) is 67.6 Å². The molecule has 0 spiro atoms. The second-order valence-electron chi connectivity index (χ2n) is 10.4. The van der Waals surface area contributed by atoms with Crippen LogP contribution in [0.2, 0.25) is 0 Å². The first-order valence-electron chi connectivity index (χ1n) is 12.7. The standard InChI is InChI=1S/C27H30F5N5O3/c1-13-11-37(12-14(2)36(13)3)23-9-21(29)16(15-4-5-20(28)17(6-15)25(33)39)7-22(23)35-26(40)18-10-34-24(38)8-19(18)27(30,31)32/h4-7,9,13-14,18-19H,8,10-12H2,1-3H3,(H2,33,39)(H,34,38)(H,35,40)/t13-,14+,18?,19?. The number of nitrogens with one attached hydrogen (secondary N) is 2. The van der Waals surface area contributed by atoms with E-state index in [-0.39, 0.29) is 34.6 Å². The van der Waals surface area contributed by atoms with Crippen LogP contribution < -0.4 is 21.3 Å². The van der Waals surface area contributed by atoms with E-state index in [9.17, 15) is 31.9 Å². The number of piperazine rings is 1. The first-order valence-corrected chi connectivity index (χ1v) is 12.7. The predicted octanol–water partition coefficient (Wildman–Crippen LogP) is 3.51. The molecule has 0 saturated carbocycles. The molecule has 2 aliphatic heterocycles. The van der Waals surface area contributed by atoms with Crippen LogP contribution in [0.25, 0.3) is 11.1 Å². The smallest absolute Gasteiger partial charge is 0.367 e. The molecule has 2 aliphatic rings. The molecule has 0 aromatic heterocycles. The number of amides is 3. The molecule has 2 saturated heterocycles. The summed E-state index contributed by atoms with van der Waals surface area (Å²) in [4.78, 5) is 40.6. The van der Waals surface area contributed by atoms with E-state index < -0.39 is 65.9 Å². The van der Waals surface area contributed by atoms with Gasteiger partial charge in [0.15, 0.2) is 0 Å². The fraction of sp³-hybridized carbons (Fsp3) is 0.444. The minimum atomic E-state index is -4.79. The summed E-state index contributed by atoms with van der Waals surface area (Å²) in [6.45, 7) is 4.30. The average molecular weight is 568 g/mol. The highest BCUT2D eigenvalue weighted by molar-refractivity contribution is 5.99. The number of hydrogen-bond acceptors (Lipinski definition) is 5. The quantitative estimate of drug-likeness (QED) is 0.480. The molecule has 4 N–H and O–H groups in total. The van der Waals surface area contributed by atoms with Gasteiger partial charge in [0.05, 0.1) is 28.8 Å². The molecule has 4 atom stereocenters. The number of likely N-dealkylation sites (N-methyl/N-ethyl adjacent to an activating group) is 1. The zero-order chi connectivity index (χ0) is 29.5. The van der Waals surface area contributed by atoms with Gasteiger partial charge >= 0.3 is 6.18 Å². The Labute approximate surface area is 227 Å². The van der Waals surface area contributed by atoms with Crippen LogP contribution in [0.15, 0.2) is 30.3 Å². The van der Waals surface area contributed by atoms with Crippen molar-refractivity contribution in [1.82, 2.24) is 10.2 Å². The van der Waals surface area contributed by atoms with E-state index in [2.05, 4.69) is 15.5 Å². The monoisotopic (exact) mass is 567 g/mol. The van der Waals surface area contributed by atoms with Crippen LogP contribution in [0.3, 0.4) is 0 Å². The highest BCUT2D eigenvalue weighted by Crippen LogP contribution is 2.39. The van der Waals surface area contributed by atoms with Crippen LogP contribution >= 0.6 is 0 Å². The molecule has 2 fully saturated rings. The molecule has 13 heteroatoms. The molecule has 2 aromatic carbocycles. The van der Waals surface area contributed by atoms with Gasteiger partial charge in [-0.05, 0) is 50.7 Å². The summed E-state index contributed by atoms with van der Waals surface area (Å²) in [6.07, 6.45) is -5.68. The van der Waals surface area contributed by atoms with E-state index in [1.165, 1.54) is 12.1 Å². The van der Waals surface area contributed by atoms with Crippen molar-refractivity contribution in [3.05, 3.63) is 47.5 Å². The fourth-order valence-electron chi connectivity index (χ4n) is 5.25. The van der Waals surface area contributed by atoms with Gasteiger partial charge < -0.3 is 21.3 Å². The lowest BCUT2D eigenvalue weighted by Gasteiger charge is -2.44. The summed E-state index contributed by atoms with van der Waals surface area (Å²) in [5.41, 5.74) is 5.00. The van der Waals surface area contributed by atoms with Gasteiger partial charge in [-0.25, -0.2) is 8.78 Å². The number of rotatable bonds is 5. The SMILES string of the molecule is C[C@@H]1CN(c2cc(F)c(-c3ccc(F)c(C(N)=O)c3)cc2NC(=O)C2CNC(=O)CC2C(F)(F)F)C[C@H](C)N1C. The molecule has 4 rings (SSSR count). The van der Waals surface area contributed by atoms with E-state index in [4.69, 9.17) is 5.73 Å². The highest BCUT2D eigenvalue weighted by atomic mass is 19.4. The molecule has 2 aromatic rings. The Bertz CT molecular complexity index is 1320. The number of piperidine rings is 1. The topological polar surface area (TPSA) is 108 Å². The number of nitrogens with two attached hydrogens (primary N) is 1. The molecule has 2 unspecified atom stereocenters. The summed E-state index contributed by atoms with van der Waals surface area (Å²) in [5.74, 6) is -8.33. The number of primary amides is 1. The van der Waals surface area contributed by atoms with Crippen molar-refractivity contribution in [1.29, 1.82) is 0 Å². The van der Waals surface area contributed by atoms with Crippen LogP contribution in [0, 0.1) is 23.5 Å². The Kier molecular flexibility index (Phi) is 8.06. The number of hydrogen-bond donors (Lipinski definition) is 3. The van der Waals surface area contributed by atoms with Gasteiger partial charge in [-0.2, -0.15) is 13.2 Å². The molecule has 2 heterocycles. The number of alkyl halides is 3. The van der Waals surface area contributed by atoms with E-state index in [1.807, 2.05) is 25.8 Å². The maximum Gasteiger partial charge on any atom is 0.393 e. The Balaban J connectivity index is 1.78. The molecule has 8 nitrogen and oxygen atoms in total. The Hall–Kier alpha value is -3.74. The molecule has 0 aliphatic carbocycles. The number of halogens is 5. The number of carbonyl (C=O) groups excluding carboxylic acids is 3. The maximum atomic E-state index is 15.6. The van der Waals surface area contributed by atoms with Gasteiger partial charge in [0.1, 0.15) is 11.6 Å². The third kappa shape index (κ3) is 5.88. The lowest BCUT2D eigenvalue weighted by molar-refractivity contribution is -0.197. The van der Waals surface area contributed by atoms with E-state index in [0.717, 1.165) is 18.2 Å². The normalized spacial score (nSPS) is 24.0. The number of anilines is 2. The molecule has 216 valence electrons. The van der Waals surface area contributed by atoms with Crippen molar-refractivity contribution in [3.63, 3.8) is 0 Å². The Morgan fingerprint density at radius 3 is 2.30 bits per heavy atom. The van der Waals surface area contributed by atoms with Crippen LogP contribution in [0.5, 0.6) is 0 Å². The largest absolute Gasteiger partial charge is 0.393 e. The van der Waals surface area contributed by atoms with Gasteiger partial charge in [0.25, 0.3) is 5.91 Å².